The van der Waals surface area contributed by atoms with Crippen molar-refractivity contribution in [3.8, 4) is 0 Å². The summed E-state index contributed by atoms with van der Waals surface area (Å²) in [4.78, 5) is 2.10. The lowest BCUT2D eigenvalue weighted by Gasteiger charge is -2.31. The highest BCUT2D eigenvalue weighted by Gasteiger charge is 2.16. The van der Waals surface area contributed by atoms with E-state index in [0.717, 1.165) is 25.8 Å². The summed E-state index contributed by atoms with van der Waals surface area (Å²) >= 11 is 0. The summed E-state index contributed by atoms with van der Waals surface area (Å²) in [6.07, 6.45) is 3.09. The lowest BCUT2D eigenvalue weighted by molar-refractivity contribution is 0.564. The quantitative estimate of drug-likeness (QED) is 0.585. The summed E-state index contributed by atoms with van der Waals surface area (Å²) in [7, 11) is 0. The van der Waals surface area contributed by atoms with E-state index in [-0.39, 0.29) is 11.7 Å². The molecule has 0 aliphatic rings. The summed E-state index contributed by atoms with van der Waals surface area (Å²) in [6.45, 7) is 7.19. The number of benzene rings is 1. The Hall–Kier alpha value is -1.58. The second-order valence-corrected chi connectivity index (χ2v) is 4.88. The van der Waals surface area contributed by atoms with Crippen LogP contribution in [0.15, 0.2) is 18.2 Å². The molecule has 106 valence electrons. The van der Waals surface area contributed by atoms with Gasteiger partial charge >= 0.3 is 0 Å². The second kappa shape index (κ2) is 7.12. The number of unbranched alkanes of at least 4 members (excludes halogenated alkanes) is 1. The number of hydrogen-bond donors (Lipinski definition) is 2. The van der Waals surface area contributed by atoms with Crippen LogP contribution in [0.1, 0.15) is 45.6 Å². The third-order valence-corrected chi connectivity index (χ3v) is 3.44. The van der Waals surface area contributed by atoms with E-state index in [1.165, 1.54) is 6.07 Å². The van der Waals surface area contributed by atoms with Gasteiger partial charge in [0.2, 0.25) is 0 Å². The molecule has 1 aromatic carbocycles. The fraction of sp³-hybridized carbons (Fsp3) is 0.533. The molecule has 0 amide bonds. The molecule has 0 aliphatic carbocycles. The molecule has 3 nitrogen and oxygen atoms in total. The molecular formula is C15H24FN3. The number of nitrogens with two attached hydrogens (primary N) is 1. The van der Waals surface area contributed by atoms with Gasteiger partial charge in [0, 0.05) is 18.2 Å². The van der Waals surface area contributed by atoms with Gasteiger partial charge in [0.15, 0.2) is 0 Å². The van der Waals surface area contributed by atoms with Gasteiger partial charge in [-0.25, -0.2) is 4.39 Å². The molecule has 0 fully saturated rings. The van der Waals surface area contributed by atoms with Crippen molar-refractivity contribution in [2.75, 3.05) is 11.4 Å². The Labute approximate surface area is 115 Å². The van der Waals surface area contributed by atoms with Crippen LogP contribution >= 0.6 is 0 Å². The molecule has 3 N–H and O–H groups in total. The van der Waals surface area contributed by atoms with Crippen LogP contribution in [0.5, 0.6) is 0 Å². The summed E-state index contributed by atoms with van der Waals surface area (Å²) in [5.74, 6) is -0.404. The fourth-order valence-electron chi connectivity index (χ4n) is 2.03. The normalized spacial score (nSPS) is 12.2. The first-order valence-electron chi connectivity index (χ1n) is 6.91. The van der Waals surface area contributed by atoms with E-state index in [0.29, 0.717) is 17.3 Å². The molecule has 4 heteroatoms. The van der Waals surface area contributed by atoms with Crippen LogP contribution < -0.4 is 10.6 Å². The Morgan fingerprint density at radius 3 is 2.58 bits per heavy atom. The number of nitrogens with zero attached hydrogens (tertiary/aromatic N) is 1. The number of hydrogen-bond acceptors (Lipinski definition) is 2. The zero-order valence-corrected chi connectivity index (χ0v) is 12.0. The average Bonchev–Trinajstić information content (AvgIpc) is 2.39. The SMILES string of the molecule is CCCCN(c1ccc(C(=N)N)cc1F)C(C)CC. The van der Waals surface area contributed by atoms with Crippen LogP contribution in [-0.2, 0) is 0 Å². The van der Waals surface area contributed by atoms with E-state index in [1.807, 2.05) is 0 Å². The summed E-state index contributed by atoms with van der Waals surface area (Å²) < 4.78 is 14.2. The monoisotopic (exact) mass is 265 g/mol. The molecule has 0 heterocycles. The maximum absolute atomic E-state index is 14.2. The highest BCUT2D eigenvalue weighted by molar-refractivity contribution is 5.95. The number of nitrogens with one attached hydrogen (secondary N) is 1. The lowest BCUT2D eigenvalue weighted by Crippen LogP contribution is -2.34. The van der Waals surface area contributed by atoms with Crippen LogP contribution in [-0.4, -0.2) is 18.4 Å². The smallest absolute Gasteiger partial charge is 0.147 e. The molecule has 0 spiro atoms. The molecule has 1 aromatic rings. The van der Waals surface area contributed by atoms with Crippen molar-refractivity contribution in [2.45, 2.75) is 46.1 Å². The molecule has 0 bridgehead atoms. The maximum atomic E-state index is 14.2. The highest BCUT2D eigenvalue weighted by Crippen LogP contribution is 2.24. The largest absolute Gasteiger partial charge is 0.384 e. The molecule has 0 radical (unpaired) electrons. The molecular weight excluding hydrogens is 241 g/mol. The maximum Gasteiger partial charge on any atom is 0.147 e. The van der Waals surface area contributed by atoms with E-state index >= 15 is 0 Å². The number of anilines is 1. The van der Waals surface area contributed by atoms with Crippen molar-refractivity contribution in [3.63, 3.8) is 0 Å². The van der Waals surface area contributed by atoms with Crippen molar-refractivity contribution in [1.29, 1.82) is 5.41 Å². The first kappa shape index (κ1) is 15.5. The van der Waals surface area contributed by atoms with E-state index in [2.05, 4.69) is 25.7 Å². The van der Waals surface area contributed by atoms with E-state index < -0.39 is 0 Å². The molecule has 19 heavy (non-hydrogen) atoms. The molecule has 0 saturated heterocycles. The Morgan fingerprint density at radius 1 is 1.42 bits per heavy atom. The van der Waals surface area contributed by atoms with Crippen LogP contribution in [0, 0.1) is 11.2 Å². The van der Waals surface area contributed by atoms with E-state index in [1.54, 1.807) is 12.1 Å². The Balaban J connectivity index is 3.04. The van der Waals surface area contributed by atoms with Crippen LogP contribution in [0.4, 0.5) is 10.1 Å². The van der Waals surface area contributed by atoms with Crippen molar-refractivity contribution < 1.29 is 4.39 Å². The van der Waals surface area contributed by atoms with Gasteiger partial charge in [-0.2, -0.15) is 0 Å². The second-order valence-electron chi connectivity index (χ2n) is 4.88. The van der Waals surface area contributed by atoms with Crippen LogP contribution in [0.2, 0.25) is 0 Å². The number of rotatable bonds is 7. The Bertz CT molecular complexity index is 431. The van der Waals surface area contributed by atoms with E-state index in [4.69, 9.17) is 11.1 Å². The minimum absolute atomic E-state index is 0.103. The summed E-state index contributed by atoms with van der Waals surface area (Å²) in [5, 5.41) is 7.34. The zero-order chi connectivity index (χ0) is 14.4. The van der Waals surface area contributed by atoms with Crippen molar-refractivity contribution in [2.24, 2.45) is 5.73 Å². The van der Waals surface area contributed by atoms with Gasteiger partial charge < -0.3 is 10.6 Å². The molecule has 1 rings (SSSR count). The van der Waals surface area contributed by atoms with Gasteiger partial charge in [0.05, 0.1) is 5.69 Å². The molecule has 0 saturated carbocycles. The highest BCUT2D eigenvalue weighted by atomic mass is 19.1. The third kappa shape index (κ3) is 3.94. The van der Waals surface area contributed by atoms with Gasteiger partial charge in [-0.3, -0.25) is 5.41 Å². The zero-order valence-electron chi connectivity index (χ0n) is 12.0. The minimum atomic E-state index is -0.302. The summed E-state index contributed by atoms with van der Waals surface area (Å²) in [6, 6.07) is 5.08. The van der Waals surface area contributed by atoms with Gasteiger partial charge in [0.1, 0.15) is 11.7 Å². The molecule has 1 unspecified atom stereocenters. The van der Waals surface area contributed by atoms with Crippen LogP contribution in [0.3, 0.4) is 0 Å². The van der Waals surface area contributed by atoms with Gasteiger partial charge in [-0.15, -0.1) is 0 Å². The Morgan fingerprint density at radius 2 is 2.11 bits per heavy atom. The number of amidine groups is 1. The molecule has 1 atom stereocenters. The lowest BCUT2D eigenvalue weighted by atomic mass is 10.1. The Kier molecular flexibility index (Phi) is 5.80. The van der Waals surface area contributed by atoms with Gasteiger partial charge in [0.25, 0.3) is 0 Å². The molecule has 0 aliphatic heterocycles. The number of halogens is 1. The summed E-state index contributed by atoms with van der Waals surface area (Å²) in [5.41, 5.74) is 6.41. The average molecular weight is 265 g/mol. The van der Waals surface area contributed by atoms with Gasteiger partial charge in [-0.05, 0) is 38.0 Å². The van der Waals surface area contributed by atoms with Crippen molar-refractivity contribution in [1.82, 2.24) is 0 Å². The topological polar surface area (TPSA) is 53.1 Å². The van der Waals surface area contributed by atoms with E-state index in [9.17, 15) is 4.39 Å². The minimum Gasteiger partial charge on any atom is -0.384 e. The fourth-order valence-corrected chi connectivity index (χ4v) is 2.03. The standard InChI is InChI=1S/C15H24FN3/c1-4-6-9-19(11(3)5-2)14-8-7-12(15(17)18)10-13(14)16/h7-8,10-11H,4-6,9H2,1-3H3,(H3,17,18). The molecule has 0 aromatic heterocycles. The predicted molar refractivity (Wildman–Crippen MR) is 79.4 cm³/mol. The van der Waals surface area contributed by atoms with Gasteiger partial charge in [-0.1, -0.05) is 20.3 Å². The predicted octanol–water partition coefficient (Wildman–Crippen LogP) is 3.51. The first-order chi connectivity index (χ1) is 9.01. The van der Waals surface area contributed by atoms with Crippen molar-refractivity contribution >= 4 is 11.5 Å². The third-order valence-electron chi connectivity index (χ3n) is 3.44. The van der Waals surface area contributed by atoms with Crippen molar-refractivity contribution in [3.05, 3.63) is 29.6 Å². The first-order valence-corrected chi connectivity index (χ1v) is 6.91. The van der Waals surface area contributed by atoms with Crippen LogP contribution in [0.25, 0.3) is 0 Å². The number of nitrogen functional groups attached to an aromatic ring is 1.